The van der Waals surface area contributed by atoms with Crippen molar-refractivity contribution in [3.63, 3.8) is 0 Å². The molecule has 2 amide bonds. The maximum Gasteiger partial charge on any atom is 0.229 e. The van der Waals surface area contributed by atoms with Gasteiger partial charge in [0.1, 0.15) is 0 Å². The molecule has 1 N–H and O–H groups in total. The number of rotatable bonds is 4. The Kier molecular flexibility index (Phi) is 4.86. The van der Waals surface area contributed by atoms with Gasteiger partial charge in [-0.05, 0) is 24.1 Å². The molecule has 2 aromatic rings. The number of hydrogen-bond donors (Lipinski definition) is 1. The number of amides is 2. The van der Waals surface area contributed by atoms with Gasteiger partial charge in [0.15, 0.2) is 0 Å². The molecular formula is C19H19ClN2O2. The molecule has 0 aromatic heterocycles. The van der Waals surface area contributed by atoms with Crippen LogP contribution in [0.25, 0.3) is 0 Å². The normalized spacial score (nSPS) is 17.2. The quantitative estimate of drug-likeness (QED) is 0.922. The standard InChI is InChI=1S/C19H19ClN2O2/c1-13-6-5-9-16(20)18(13)21-19(24)15-10-17(23)22(12-15)11-14-7-3-2-4-8-14/h2-9,15H,10-12H2,1H3,(H,21,24). The van der Waals surface area contributed by atoms with Gasteiger partial charge in [-0.1, -0.05) is 54.1 Å². The van der Waals surface area contributed by atoms with Crippen molar-refractivity contribution in [1.29, 1.82) is 0 Å². The van der Waals surface area contributed by atoms with Crippen LogP contribution in [0.4, 0.5) is 5.69 Å². The smallest absolute Gasteiger partial charge is 0.229 e. The topological polar surface area (TPSA) is 49.4 Å². The summed E-state index contributed by atoms with van der Waals surface area (Å²) >= 11 is 6.15. The minimum Gasteiger partial charge on any atom is -0.338 e. The molecule has 1 saturated heterocycles. The van der Waals surface area contributed by atoms with Gasteiger partial charge in [-0.25, -0.2) is 0 Å². The summed E-state index contributed by atoms with van der Waals surface area (Å²) in [7, 11) is 0. The molecule has 1 unspecified atom stereocenters. The second kappa shape index (κ2) is 7.05. The number of para-hydroxylation sites is 1. The van der Waals surface area contributed by atoms with Crippen LogP contribution in [0.5, 0.6) is 0 Å². The van der Waals surface area contributed by atoms with Crippen molar-refractivity contribution in [3.8, 4) is 0 Å². The van der Waals surface area contributed by atoms with E-state index in [0.717, 1.165) is 11.1 Å². The Morgan fingerprint density at radius 3 is 2.67 bits per heavy atom. The van der Waals surface area contributed by atoms with E-state index in [4.69, 9.17) is 11.6 Å². The first-order chi connectivity index (χ1) is 11.5. The SMILES string of the molecule is Cc1cccc(Cl)c1NC(=O)C1CC(=O)N(Cc2ccccc2)C1. The van der Waals surface area contributed by atoms with Crippen LogP contribution in [0.15, 0.2) is 48.5 Å². The van der Waals surface area contributed by atoms with Crippen LogP contribution in [0.2, 0.25) is 5.02 Å². The molecule has 0 radical (unpaired) electrons. The second-order valence-electron chi connectivity index (χ2n) is 6.08. The molecular weight excluding hydrogens is 324 g/mol. The summed E-state index contributed by atoms with van der Waals surface area (Å²) in [5.41, 5.74) is 2.59. The Morgan fingerprint density at radius 2 is 1.96 bits per heavy atom. The molecule has 0 aliphatic carbocycles. The van der Waals surface area contributed by atoms with Crippen LogP contribution >= 0.6 is 11.6 Å². The highest BCUT2D eigenvalue weighted by molar-refractivity contribution is 6.34. The molecule has 2 aromatic carbocycles. The molecule has 1 aliphatic heterocycles. The lowest BCUT2D eigenvalue weighted by atomic mass is 10.1. The minimum atomic E-state index is -0.350. The number of benzene rings is 2. The lowest BCUT2D eigenvalue weighted by molar-refractivity contribution is -0.128. The monoisotopic (exact) mass is 342 g/mol. The van der Waals surface area contributed by atoms with E-state index in [-0.39, 0.29) is 24.2 Å². The number of nitrogens with one attached hydrogen (secondary N) is 1. The van der Waals surface area contributed by atoms with Crippen molar-refractivity contribution < 1.29 is 9.59 Å². The number of anilines is 1. The molecule has 124 valence electrons. The van der Waals surface area contributed by atoms with Crippen molar-refractivity contribution in [2.24, 2.45) is 5.92 Å². The highest BCUT2D eigenvalue weighted by Gasteiger charge is 2.34. The van der Waals surface area contributed by atoms with Crippen molar-refractivity contribution in [3.05, 3.63) is 64.7 Å². The van der Waals surface area contributed by atoms with Gasteiger partial charge >= 0.3 is 0 Å². The van der Waals surface area contributed by atoms with E-state index in [1.165, 1.54) is 0 Å². The predicted molar refractivity (Wildman–Crippen MR) is 94.8 cm³/mol. The Hall–Kier alpha value is -2.33. The van der Waals surface area contributed by atoms with Gasteiger partial charge < -0.3 is 10.2 Å². The van der Waals surface area contributed by atoms with E-state index in [9.17, 15) is 9.59 Å². The number of carbonyl (C=O) groups is 2. The number of nitrogens with zero attached hydrogens (tertiary/aromatic N) is 1. The van der Waals surface area contributed by atoms with Gasteiger partial charge in [-0.3, -0.25) is 9.59 Å². The fraction of sp³-hybridized carbons (Fsp3) is 0.263. The van der Waals surface area contributed by atoms with Crippen molar-refractivity contribution >= 4 is 29.1 Å². The van der Waals surface area contributed by atoms with Gasteiger partial charge in [-0.2, -0.15) is 0 Å². The molecule has 1 aliphatic rings. The predicted octanol–water partition coefficient (Wildman–Crippen LogP) is 3.64. The third-order valence-corrected chi connectivity index (χ3v) is 4.59. The third kappa shape index (κ3) is 3.60. The van der Waals surface area contributed by atoms with Gasteiger partial charge in [0.05, 0.1) is 16.6 Å². The zero-order valence-corrected chi connectivity index (χ0v) is 14.2. The van der Waals surface area contributed by atoms with Gasteiger partial charge in [0.25, 0.3) is 0 Å². The molecule has 0 saturated carbocycles. The summed E-state index contributed by atoms with van der Waals surface area (Å²) in [5, 5.41) is 3.38. The summed E-state index contributed by atoms with van der Waals surface area (Å²) in [4.78, 5) is 26.4. The fourth-order valence-electron chi connectivity index (χ4n) is 2.92. The summed E-state index contributed by atoms with van der Waals surface area (Å²) < 4.78 is 0. The zero-order valence-electron chi connectivity index (χ0n) is 13.5. The van der Waals surface area contributed by atoms with E-state index in [0.29, 0.717) is 23.8 Å². The largest absolute Gasteiger partial charge is 0.338 e. The van der Waals surface area contributed by atoms with Crippen molar-refractivity contribution in [1.82, 2.24) is 4.90 Å². The number of likely N-dealkylation sites (tertiary alicyclic amines) is 1. The molecule has 3 rings (SSSR count). The van der Waals surface area contributed by atoms with E-state index in [2.05, 4.69) is 5.32 Å². The molecule has 0 spiro atoms. The zero-order chi connectivity index (χ0) is 17.1. The molecule has 1 heterocycles. The van der Waals surface area contributed by atoms with Gasteiger partial charge in [0, 0.05) is 19.5 Å². The first-order valence-corrected chi connectivity index (χ1v) is 8.30. The highest BCUT2D eigenvalue weighted by Crippen LogP contribution is 2.27. The van der Waals surface area contributed by atoms with Crippen LogP contribution in [0.3, 0.4) is 0 Å². The Bertz CT molecular complexity index is 741. The van der Waals surface area contributed by atoms with E-state index >= 15 is 0 Å². The molecule has 4 nitrogen and oxygen atoms in total. The van der Waals surface area contributed by atoms with Crippen LogP contribution < -0.4 is 5.32 Å². The average molecular weight is 343 g/mol. The van der Waals surface area contributed by atoms with E-state index in [1.807, 2.05) is 49.4 Å². The summed E-state index contributed by atoms with van der Waals surface area (Å²) in [6.45, 7) is 2.86. The number of aryl methyl sites for hydroxylation is 1. The summed E-state index contributed by atoms with van der Waals surface area (Å²) in [6.07, 6.45) is 0.238. The van der Waals surface area contributed by atoms with Crippen LogP contribution in [0.1, 0.15) is 17.5 Å². The molecule has 1 atom stereocenters. The lowest BCUT2D eigenvalue weighted by Crippen LogP contribution is -2.28. The molecule has 5 heteroatoms. The van der Waals surface area contributed by atoms with E-state index in [1.54, 1.807) is 11.0 Å². The number of halogens is 1. The van der Waals surface area contributed by atoms with Gasteiger partial charge in [0.2, 0.25) is 11.8 Å². The van der Waals surface area contributed by atoms with Crippen LogP contribution in [-0.4, -0.2) is 23.3 Å². The molecule has 0 bridgehead atoms. The minimum absolute atomic E-state index is 0.00915. The lowest BCUT2D eigenvalue weighted by Gasteiger charge is -2.17. The Morgan fingerprint density at radius 1 is 1.21 bits per heavy atom. The average Bonchev–Trinajstić information content (AvgIpc) is 2.93. The highest BCUT2D eigenvalue weighted by atomic mass is 35.5. The fourth-order valence-corrected chi connectivity index (χ4v) is 3.19. The van der Waals surface area contributed by atoms with Gasteiger partial charge in [-0.15, -0.1) is 0 Å². The molecule has 1 fully saturated rings. The maximum absolute atomic E-state index is 12.5. The second-order valence-corrected chi connectivity index (χ2v) is 6.49. The molecule has 24 heavy (non-hydrogen) atoms. The van der Waals surface area contributed by atoms with Crippen LogP contribution in [0, 0.1) is 12.8 Å². The van der Waals surface area contributed by atoms with Crippen molar-refractivity contribution in [2.45, 2.75) is 19.9 Å². The van der Waals surface area contributed by atoms with Crippen molar-refractivity contribution in [2.75, 3.05) is 11.9 Å². The first-order valence-electron chi connectivity index (χ1n) is 7.92. The Balaban J connectivity index is 1.66. The summed E-state index contributed by atoms with van der Waals surface area (Å²) in [5.74, 6) is -0.498. The number of carbonyl (C=O) groups excluding carboxylic acids is 2. The Labute approximate surface area is 146 Å². The number of hydrogen-bond acceptors (Lipinski definition) is 2. The third-order valence-electron chi connectivity index (χ3n) is 4.27. The van der Waals surface area contributed by atoms with E-state index < -0.39 is 0 Å². The first kappa shape index (κ1) is 16.5. The maximum atomic E-state index is 12.5. The van der Waals surface area contributed by atoms with Crippen LogP contribution in [-0.2, 0) is 16.1 Å². The summed E-state index contributed by atoms with van der Waals surface area (Å²) in [6, 6.07) is 15.3.